The van der Waals surface area contributed by atoms with Crippen molar-refractivity contribution in [2.75, 3.05) is 0 Å². The molecule has 1 rings (SSSR count). The molecule has 1 aromatic rings. The number of nitro groups is 1. The maximum absolute atomic E-state index is 11.3. The third kappa shape index (κ3) is 6.30. The van der Waals surface area contributed by atoms with Crippen LogP contribution in [-0.4, -0.2) is 25.3 Å². The van der Waals surface area contributed by atoms with Gasteiger partial charge in [-0.05, 0) is 12.1 Å². The van der Waals surface area contributed by atoms with Crippen molar-refractivity contribution < 1.29 is 22.3 Å². The standard InChI is InChI=1S/C8H7NO6S.CH5N3/c1-6(10)15-16(13,14)8-4-2-7(3-5-8)9(11)12;2-1(3)4/h2-5H,1H3;(H5,2,3,4). The second-order valence-corrected chi connectivity index (χ2v) is 4.78. The molecule has 110 valence electrons. The summed E-state index contributed by atoms with van der Waals surface area (Å²) in [4.78, 5) is 19.8. The molecule has 0 saturated carbocycles. The van der Waals surface area contributed by atoms with E-state index in [1.807, 2.05) is 0 Å². The number of nitrogens with two attached hydrogens (primary N) is 2. The summed E-state index contributed by atoms with van der Waals surface area (Å²) in [6.07, 6.45) is 0. The molecular weight excluding hydrogens is 292 g/mol. The molecule has 0 amide bonds. The van der Waals surface area contributed by atoms with Crippen LogP contribution in [0.4, 0.5) is 5.69 Å². The molecule has 20 heavy (non-hydrogen) atoms. The molecule has 11 heteroatoms. The van der Waals surface area contributed by atoms with Gasteiger partial charge < -0.3 is 15.7 Å². The molecule has 0 radical (unpaired) electrons. The Morgan fingerprint density at radius 2 is 1.70 bits per heavy atom. The Kier molecular flexibility index (Phi) is 6.09. The van der Waals surface area contributed by atoms with Gasteiger partial charge in [0.1, 0.15) is 4.90 Å². The van der Waals surface area contributed by atoms with E-state index in [2.05, 4.69) is 15.7 Å². The van der Waals surface area contributed by atoms with Gasteiger partial charge in [0, 0.05) is 19.1 Å². The van der Waals surface area contributed by atoms with Crippen molar-refractivity contribution in [3.8, 4) is 0 Å². The van der Waals surface area contributed by atoms with Crippen molar-refractivity contribution >= 4 is 27.7 Å². The number of hydrogen-bond acceptors (Lipinski definition) is 7. The number of non-ortho nitro benzene ring substituents is 1. The molecule has 1 aromatic carbocycles. The molecule has 0 bridgehead atoms. The maximum Gasteiger partial charge on any atom is 0.341 e. The van der Waals surface area contributed by atoms with Crippen LogP contribution in [0.1, 0.15) is 6.92 Å². The van der Waals surface area contributed by atoms with E-state index < -0.39 is 21.0 Å². The van der Waals surface area contributed by atoms with Crippen LogP contribution >= 0.6 is 0 Å². The van der Waals surface area contributed by atoms with Gasteiger partial charge in [0.05, 0.1) is 4.92 Å². The van der Waals surface area contributed by atoms with Crippen LogP contribution in [0.3, 0.4) is 0 Å². The summed E-state index contributed by atoms with van der Waals surface area (Å²) >= 11 is 0. The lowest BCUT2D eigenvalue weighted by molar-refractivity contribution is -0.384. The normalized spacial score (nSPS) is 9.85. The van der Waals surface area contributed by atoms with Gasteiger partial charge in [0.2, 0.25) is 0 Å². The summed E-state index contributed by atoms with van der Waals surface area (Å²) < 4.78 is 26.7. The summed E-state index contributed by atoms with van der Waals surface area (Å²) in [5.74, 6) is -1.31. The lowest BCUT2D eigenvalue weighted by Gasteiger charge is -2.02. The van der Waals surface area contributed by atoms with Crippen LogP contribution in [0, 0.1) is 15.5 Å². The minimum atomic E-state index is -4.17. The first-order valence-corrected chi connectivity index (χ1v) is 6.26. The third-order valence-electron chi connectivity index (χ3n) is 1.56. The molecule has 0 atom stereocenters. The van der Waals surface area contributed by atoms with Gasteiger partial charge in [-0.2, -0.15) is 8.42 Å². The molecule has 0 heterocycles. The number of carbonyl (C=O) groups is 1. The van der Waals surface area contributed by atoms with E-state index in [4.69, 9.17) is 5.41 Å². The Labute approximate surface area is 114 Å². The predicted octanol–water partition coefficient (Wildman–Crippen LogP) is -0.315. The minimum absolute atomic E-state index is 0.248. The zero-order chi connectivity index (χ0) is 15.9. The Morgan fingerprint density at radius 1 is 1.30 bits per heavy atom. The van der Waals surface area contributed by atoms with Gasteiger partial charge in [0.15, 0.2) is 5.96 Å². The lowest BCUT2D eigenvalue weighted by Crippen LogP contribution is -2.20. The topological polar surface area (TPSA) is 179 Å². The van der Waals surface area contributed by atoms with Crippen molar-refractivity contribution in [1.82, 2.24) is 0 Å². The van der Waals surface area contributed by atoms with Crippen LogP contribution in [0.15, 0.2) is 29.2 Å². The summed E-state index contributed by atoms with van der Waals surface area (Å²) in [7, 11) is -4.17. The van der Waals surface area contributed by atoms with E-state index in [1.54, 1.807) is 0 Å². The summed E-state index contributed by atoms with van der Waals surface area (Å²) in [5.41, 5.74) is 8.70. The molecule has 0 aliphatic rings. The summed E-state index contributed by atoms with van der Waals surface area (Å²) in [6.45, 7) is 0.947. The first kappa shape index (κ1) is 17.3. The van der Waals surface area contributed by atoms with Crippen LogP contribution in [0.5, 0.6) is 0 Å². The van der Waals surface area contributed by atoms with Crippen molar-refractivity contribution in [1.29, 1.82) is 5.41 Å². The molecule has 0 aromatic heterocycles. The molecule has 0 aliphatic heterocycles. The highest BCUT2D eigenvalue weighted by molar-refractivity contribution is 7.87. The first-order valence-electron chi connectivity index (χ1n) is 4.85. The summed E-state index contributed by atoms with van der Waals surface area (Å²) in [6, 6.07) is 4.01. The fourth-order valence-electron chi connectivity index (χ4n) is 0.937. The fraction of sp³-hybridized carbons (Fsp3) is 0.111. The largest absolute Gasteiger partial charge is 0.370 e. The van der Waals surface area contributed by atoms with Crippen molar-refractivity contribution in [3.63, 3.8) is 0 Å². The van der Waals surface area contributed by atoms with E-state index in [-0.39, 0.29) is 16.5 Å². The first-order chi connectivity index (χ1) is 9.06. The molecule has 0 spiro atoms. The number of guanidine groups is 1. The number of hydrogen-bond donors (Lipinski definition) is 3. The van der Waals surface area contributed by atoms with Gasteiger partial charge in [0.25, 0.3) is 5.69 Å². The quantitative estimate of drug-likeness (QED) is 0.223. The number of carbonyl (C=O) groups excluding carboxylic acids is 1. The number of nitro benzene ring substituents is 1. The lowest BCUT2D eigenvalue weighted by atomic mass is 10.3. The minimum Gasteiger partial charge on any atom is -0.370 e. The zero-order valence-electron chi connectivity index (χ0n) is 10.3. The van der Waals surface area contributed by atoms with Crippen LogP contribution in [0.2, 0.25) is 0 Å². The van der Waals surface area contributed by atoms with Gasteiger partial charge >= 0.3 is 16.1 Å². The Morgan fingerprint density at radius 3 is 2.00 bits per heavy atom. The van der Waals surface area contributed by atoms with E-state index in [0.29, 0.717) is 0 Å². The number of nitrogens with one attached hydrogen (secondary N) is 1. The number of rotatable bonds is 3. The van der Waals surface area contributed by atoms with Crippen molar-refractivity contribution in [3.05, 3.63) is 34.4 Å². The summed E-state index contributed by atoms with van der Waals surface area (Å²) in [5, 5.41) is 16.4. The highest BCUT2D eigenvalue weighted by Gasteiger charge is 2.18. The predicted molar refractivity (Wildman–Crippen MR) is 68.1 cm³/mol. The number of nitrogens with zero attached hydrogens (tertiary/aromatic N) is 1. The molecule has 0 aliphatic carbocycles. The second-order valence-electron chi connectivity index (χ2n) is 3.24. The second kappa shape index (κ2) is 7.04. The highest BCUT2D eigenvalue weighted by atomic mass is 32.2. The molecule has 0 saturated heterocycles. The number of benzene rings is 1. The molecule has 0 fully saturated rings. The monoisotopic (exact) mass is 304 g/mol. The Hall–Kier alpha value is -2.69. The van der Waals surface area contributed by atoms with Gasteiger partial charge in [-0.1, -0.05) is 0 Å². The average Bonchev–Trinajstić information content (AvgIpc) is 2.26. The van der Waals surface area contributed by atoms with E-state index in [1.165, 1.54) is 0 Å². The molecule has 0 unspecified atom stereocenters. The Balaban J connectivity index is 0.000000796. The Bertz CT molecular complexity index is 606. The highest BCUT2D eigenvalue weighted by Crippen LogP contribution is 2.17. The average molecular weight is 304 g/mol. The van der Waals surface area contributed by atoms with Crippen molar-refractivity contribution in [2.45, 2.75) is 11.8 Å². The SMILES string of the molecule is CC(=O)OS(=O)(=O)c1ccc([N+](=O)[O-])cc1.N=C(N)N. The molecule has 10 nitrogen and oxygen atoms in total. The van der Waals surface area contributed by atoms with E-state index in [9.17, 15) is 23.3 Å². The van der Waals surface area contributed by atoms with E-state index in [0.717, 1.165) is 31.2 Å². The fourth-order valence-corrected chi connectivity index (χ4v) is 1.81. The van der Waals surface area contributed by atoms with E-state index >= 15 is 0 Å². The smallest absolute Gasteiger partial charge is 0.341 e. The van der Waals surface area contributed by atoms with Gasteiger partial charge in [-0.25, -0.2) is 0 Å². The molecule has 5 N–H and O–H groups in total. The van der Waals surface area contributed by atoms with Crippen molar-refractivity contribution in [2.24, 2.45) is 11.5 Å². The van der Waals surface area contributed by atoms with Crippen LogP contribution < -0.4 is 11.5 Å². The van der Waals surface area contributed by atoms with Gasteiger partial charge in [-0.3, -0.25) is 20.3 Å². The van der Waals surface area contributed by atoms with Crippen LogP contribution in [0.25, 0.3) is 0 Å². The zero-order valence-corrected chi connectivity index (χ0v) is 11.1. The third-order valence-corrected chi connectivity index (χ3v) is 2.87. The molecular formula is C9H12N4O6S. The van der Waals surface area contributed by atoms with Crippen LogP contribution in [-0.2, 0) is 19.1 Å². The van der Waals surface area contributed by atoms with Gasteiger partial charge in [-0.15, -0.1) is 0 Å². The maximum atomic E-state index is 11.3.